The Labute approximate surface area is 744 Å². The number of amides is 5. The number of nitrogens with zero attached hydrogens (tertiary/aromatic N) is 12. The van der Waals surface area contributed by atoms with E-state index in [1.807, 2.05) is 150 Å². The van der Waals surface area contributed by atoms with Crippen molar-refractivity contribution in [1.29, 1.82) is 0 Å². The van der Waals surface area contributed by atoms with Crippen LogP contribution in [0.3, 0.4) is 0 Å². The third-order valence-corrected chi connectivity index (χ3v) is 25.9. The predicted molar refractivity (Wildman–Crippen MR) is 481 cm³/mol. The van der Waals surface area contributed by atoms with Crippen LogP contribution < -0.4 is 26.4 Å². The number of benzene rings is 2. The number of carbonyl (C=O) groups excluding carboxylic acids is 8. The van der Waals surface area contributed by atoms with Crippen LogP contribution >= 0.6 is 22.7 Å². The molecular formula is C92H125N15O17S2. The van der Waals surface area contributed by atoms with Gasteiger partial charge in [-0.05, 0) is 125 Å². The van der Waals surface area contributed by atoms with Gasteiger partial charge in [0.1, 0.15) is 23.3 Å². The van der Waals surface area contributed by atoms with Gasteiger partial charge in [-0.25, -0.2) is 19.9 Å². The zero-order valence-electron chi connectivity index (χ0n) is 74.8. The van der Waals surface area contributed by atoms with Crippen LogP contribution in [0.1, 0.15) is 194 Å². The number of hydrogen-bond donors (Lipinski definition) is 8. The third-order valence-electron chi connectivity index (χ3n) is 24.0. The molecule has 7 aromatic rings. The molecule has 682 valence electrons. The quantitative estimate of drug-likeness (QED) is 0.0168. The highest BCUT2D eigenvalue weighted by Gasteiger charge is 2.48. The molecule has 0 radical (unpaired) electrons. The summed E-state index contributed by atoms with van der Waals surface area (Å²) in [5.74, 6) is -6.00. The molecule has 0 spiro atoms. The second-order valence-electron chi connectivity index (χ2n) is 35.9. The highest BCUT2D eigenvalue weighted by molar-refractivity contribution is 7.13. The lowest BCUT2D eigenvalue weighted by molar-refractivity contribution is -0.146. The maximum absolute atomic E-state index is 14.2. The Hall–Kier alpha value is -10.5. The van der Waals surface area contributed by atoms with Gasteiger partial charge in [0.25, 0.3) is 5.56 Å². The lowest BCUT2D eigenvalue weighted by atomic mass is 9.76. The number of aliphatic carboxylic acids is 3. The summed E-state index contributed by atoms with van der Waals surface area (Å²) in [5.41, 5.74) is 11.2. The number of anilines is 1. The van der Waals surface area contributed by atoms with Crippen molar-refractivity contribution in [1.82, 2.24) is 69.9 Å². The first-order valence-electron chi connectivity index (χ1n) is 43.3. The molecule has 2 aliphatic heterocycles. The van der Waals surface area contributed by atoms with E-state index in [1.54, 1.807) is 64.3 Å². The summed E-state index contributed by atoms with van der Waals surface area (Å²) in [6, 6.07) is 18.1. The van der Waals surface area contributed by atoms with Gasteiger partial charge in [-0.15, -0.1) is 22.7 Å². The molecule has 34 heteroatoms. The van der Waals surface area contributed by atoms with Crippen molar-refractivity contribution < 1.29 is 78.3 Å². The van der Waals surface area contributed by atoms with E-state index in [9.17, 15) is 67.7 Å². The van der Waals surface area contributed by atoms with E-state index in [0.29, 0.717) is 101 Å². The molecule has 7 atom stereocenters. The van der Waals surface area contributed by atoms with Crippen molar-refractivity contribution in [3.05, 3.63) is 140 Å². The fraction of sp³-hybridized carbons (Fsp3) is 0.554. The van der Waals surface area contributed by atoms with E-state index in [-0.39, 0.29) is 141 Å². The van der Waals surface area contributed by atoms with E-state index < -0.39 is 70.8 Å². The number of pyridine rings is 2. The van der Waals surface area contributed by atoms with E-state index in [1.165, 1.54) is 11.8 Å². The molecule has 2 saturated carbocycles. The lowest BCUT2D eigenvalue weighted by Crippen LogP contribution is -2.53. The van der Waals surface area contributed by atoms with Crippen LogP contribution in [0, 0.1) is 49.4 Å². The second kappa shape index (κ2) is 45.8. The summed E-state index contributed by atoms with van der Waals surface area (Å²) in [4.78, 5) is 188. The Bertz CT molecular complexity index is 4990. The normalized spacial score (nSPS) is 17.8. The number of thiazole rings is 2. The van der Waals surface area contributed by atoms with Crippen molar-refractivity contribution in [3.8, 4) is 20.9 Å². The second-order valence-corrected chi connectivity index (χ2v) is 37.6. The fourth-order valence-corrected chi connectivity index (χ4v) is 18.0. The molecule has 4 fully saturated rings. The fourth-order valence-electron chi connectivity index (χ4n) is 16.4. The zero-order chi connectivity index (χ0) is 92.0. The topological polar surface area (TPSA) is 431 Å². The standard InChI is InChI=1S/C55H70N10O7S.C30H42N4O6S.C7H13NO4/c1-33-44-31-57-45(60-52(44)65(39-10-8-9-11-39)54(72)48(33)35(3)66)26-38-16-17-40(30-56-38)63-22-24-64(25-23-63)47(69)19-21-62(7)20-18-46(68)61-51(55(4,5)6)49(70)42-27-41(67)28-43(42)53(71)58-29-36-12-14-37(15-13-36)50-34(2)59-32-73-50;1-19-27(41-18-32-19)21-8-6-20(7-9-21)16-31-28(39)25-15-23(36)17-34(25)29(40)24(30(2,3)4)14-22(35)10-12-33(5)13-11-26(37)38;1-8(4-2-6(9)10)5-3-7(11)12/h12-17,30-32,39,41-43,51,67H,8-11,18-29H2,1-7H3,(H,58,71)(H,61,68);6-9,18,23-25,36H,10-17H2,1-5H3,(H,31,39)(H,37,38);2-5H2,1H3,(H,9,10)(H,11,12)/t41-,42?,43+,51+;23-,24-,25+;/m01./s1. The maximum Gasteiger partial charge on any atom is 0.304 e. The Kier molecular flexibility index (Phi) is 36.1. The number of likely N-dealkylation sites (tertiary alicyclic amines) is 1. The molecule has 1 unspecified atom stereocenters. The SMILES string of the molecule is CC(=O)c1c(C)c2cnc(Cc3ccc(N4CCN(C(=O)CCN(C)CCC(=O)N[C@H](C(=O)C5C[C@H](O)C[C@H]5C(=O)NCc5ccc(-c6scnc6C)cc5)C(C)(C)C)CC4)cn3)nc2n(C2CCCC2)c1=O.CN(CCC(=O)O)CCC(=O)O.Cc1ncsc1-c1ccc(CNC(=O)[C@@H]2C[C@@H](O)CN2C(=O)[C@@H](CC(=O)CCN(C)CCC(=O)O)C(C)(C)C)cc1. The molecule has 32 nitrogen and oxygen atoms in total. The van der Waals surface area contributed by atoms with Crippen LogP contribution in [-0.4, -0.2) is 262 Å². The van der Waals surface area contributed by atoms with Crippen LogP contribution in [0.2, 0.25) is 0 Å². The number of β-amino-alcohol motifs (C(OH)–C–C–N with tert-alkyl or cyclic N) is 1. The van der Waals surface area contributed by atoms with Gasteiger partial charge in [-0.1, -0.05) is 103 Å². The molecule has 2 saturated heterocycles. The van der Waals surface area contributed by atoms with Gasteiger partial charge in [-0.2, -0.15) is 0 Å². The number of Topliss-reactive ketones (excluding diaryl/α,β-unsaturated/α-hetero) is 3. The average Bonchev–Trinajstić information content (AvgIpc) is 0.877. The molecule has 8 N–H and O–H groups in total. The number of aliphatic hydroxyl groups excluding tert-OH is 2. The monoisotopic (exact) mass is 1780 g/mol. The Morgan fingerprint density at radius 3 is 1.60 bits per heavy atom. The number of carbonyl (C=O) groups is 11. The first kappa shape index (κ1) is 99.3. The number of hydrogen-bond acceptors (Lipinski definition) is 25. The van der Waals surface area contributed by atoms with Crippen molar-refractivity contribution in [2.75, 3.05) is 98.0 Å². The number of fused-ring (bicyclic) bond motifs is 1. The van der Waals surface area contributed by atoms with Crippen LogP contribution in [0.25, 0.3) is 31.9 Å². The molecule has 5 aromatic heterocycles. The molecule has 0 bridgehead atoms. The summed E-state index contributed by atoms with van der Waals surface area (Å²) in [6.07, 6.45) is 7.32. The van der Waals surface area contributed by atoms with Gasteiger partial charge >= 0.3 is 17.9 Å². The lowest BCUT2D eigenvalue weighted by Gasteiger charge is -2.36. The minimum atomic E-state index is -0.896. The van der Waals surface area contributed by atoms with E-state index >= 15 is 0 Å². The van der Waals surface area contributed by atoms with E-state index in [0.717, 1.165) is 80.5 Å². The first-order chi connectivity index (χ1) is 59.6. The van der Waals surface area contributed by atoms with Gasteiger partial charge in [0.2, 0.25) is 29.5 Å². The molecule has 126 heavy (non-hydrogen) atoms. The summed E-state index contributed by atoms with van der Waals surface area (Å²) in [6.45, 7) is 23.9. The maximum atomic E-state index is 14.2. The van der Waals surface area contributed by atoms with Crippen LogP contribution in [-0.2, 0) is 67.5 Å². The molecule has 4 aliphatic rings. The summed E-state index contributed by atoms with van der Waals surface area (Å²) in [7, 11) is 5.33. The molecule has 11 rings (SSSR count). The summed E-state index contributed by atoms with van der Waals surface area (Å²) >= 11 is 3.15. The molecule has 5 amide bonds. The summed E-state index contributed by atoms with van der Waals surface area (Å²) in [5, 5.41) is 56.1. The number of aromatic nitrogens is 6. The van der Waals surface area contributed by atoms with Crippen LogP contribution in [0.15, 0.2) is 88.9 Å². The predicted octanol–water partition coefficient (Wildman–Crippen LogP) is 8.98. The number of aryl methyl sites for hydroxylation is 3. The van der Waals surface area contributed by atoms with Crippen molar-refractivity contribution in [2.45, 2.75) is 209 Å². The molecule has 2 aromatic carbocycles. The number of nitrogens with one attached hydrogen (secondary N) is 3. The number of aliphatic hydroxyl groups is 2. The number of ketones is 3. The van der Waals surface area contributed by atoms with Gasteiger partial charge in [0.05, 0.1) is 99.5 Å². The number of rotatable bonds is 37. The van der Waals surface area contributed by atoms with Crippen molar-refractivity contribution >= 4 is 104 Å². The zero-order valence-corrected chi connectivity index (χ0v) is 76.5. The van der Waals surface area contributed by atoms with Crippen LogP contribution in [0.5, 0.6) is 0 Å². The van der Waals surface area contributed by atoms with E-state index in [2.05, 4.69) is 35.8 Å². The Balaban J connectivity index is 0.000000283. The minimum absolute atomic E-state index is 0.00428. The smallest absolute Gasteiger partial charge is 0.304 e. The Morgan fingerprint density at radius 2 is 1.10 bits per heavy atom. The van der Waals surface area contributed by atoms with Gasteiger partial charge < -0.3 is 70.9 Å². The van der Waals surface area contributed by atoms with E-state index in [4.69, 9.17) is 25.3 Å². The average molecular weight is 1780 g/mol. The van der Waals surface area contributed by atoms with Gasteiger partial charge in [0, 0.05) is 152 Å². The highest BCUT2D eigenvalue weighted by atomic mass is 32.1. The molecule has 7 heterocycles. The number of carboxylic acids is 3. The summed E-state index contributed by atoms with van der Waals surface area (Å²) < 4.78 is 1.73. The minimum Gasteiger partial charge on any atom is -0.481 e. The molecule has 2 aliphatic carbocycles. The largest absolute Gasteiger partial charge is 0.481 e. The van der Waals surface area contributed by atoms with Crippen LogP contribution in [0.4, 0.5) is 5.69 Å². The first-order valence-corrected chi connectivity index (χ1v) is 45.1. The van der Waals surface area contributed by atoms with Gasteiger partial charge in [0.15, 0.2) is 11.6 Å². The molecular weight excluding hydrogens is 1650 g/mol. The number of carboxylic acid groups (broad SMARTS) is 3. The van der Waals surface area contributed by atoms with Gasteiger partial charge in [-0.3, -0.25) is 67.1 Å². The number of piperazine rings is 1. The highest BCUT2D eigenvalue weighted by Crippen LogP contribution is 2.39. The Morgan fingerprint density at radius 1 is 0.587 bits per heavy atom. The third kappa shape index (κ3) is 28.3. The van der Waals surface area contributed by atoms with Crippen molar-refractivity contribution in [2.24, 2.45) is 28.6 Å². The van der Waals surface area contributed by atoms with Crippen molar-refractivity contribution in [3.63, 3.8) is 0 Å².